The van der Waals surface area contributed by atoms with Gasteiger partial charge in [-0.05, 0) is 42.0 Å². The van der Waals surface area contributed by atoms with Gasteiger partial charge in [0.15, 0.2) is 5.82 Å². The summed E-state index contributed by atoms with van der Waals surface area (Å²) in [7, 11) is 0. The van der Waals surface area contributed by atoms with Crippen molar-refractivity contribution in [3.05, 3.63) is 75.2 Å². The van der Waals surface area contributed by atoms with Gasteiger partial charge in [0.05, 0.1) is 12.0 Å². The Hall–Kier alpha value is -3.81. The molecule has 0 unspecified atom stereocenters. The van der Waals surface area contributed by atoms with Gasteiger partial charge in [0, 0.05) is 17.1 Å². The molecule has 0 saturated carbocycles. The molecule has 1 atom stereocenters. The largest absolute Gasteiger partial charge is 0.416 e. The highest BCUT2D eigenvalue weighted by Crippen LogP contribution is 2.31. The summed E-state index contributed by atoms with van der Waals surface area (Å²) in [5, 5.41) is 6.40. The van der Waals surface area contributed by atoms with E-state index in [2.05, 4.69) is 10.4 Å². The van der Waals surface area contributed by atoms with Crippen LogP contribution in [0, 0.1) is 0 Å². The third-order valence-corrected chi connectivity index (χ3v) is 5.33. The Morgan fingerprint density at radius 3 is 2.27 bits per heavy atom. The van der Waals surface area contributed by atoms with E-state index in [0.29, 0.717) is 15.8 Å². The summed E-state index contributed by atoms with van der Waals surface area (Å²) in [6.45, 7) is -1.66. The predicted octanol–water partition coefficient (Wildman–Crippen LogP) is 3.68. The fourth-order valence-corrected chi connectivity index (χ4v) is 3.48. The van der Waals surface area contributed by atoms with E-state index >= 15 is 0 Å². The summed E-state index contributed by atoms with van der Waals surface area (Å²) >= 11 is 5.83. The molecule has 0 radical (unpaired) electrons. The zero-order chi connectivity index (χ0) is 27.5. The van der Waals surface area contributed by atoms with E-state index in [1.54, 1.807) is 0 Å². The molecule has 0 spiro atoms. The molecular weight excluding hydrogens is 532 g/mol. The predicted molar refractivity (Wildman–Crippen MR) is 119 cm³/mol. The summed E-state index contributed by atoms with van der Waals surface area (Å²) in [4.78, 5) is 37.3. The maximum atomic E-state index is 13.0. The van der Waals surface area contributed by atoms with Crippen molar-refractivity contribution in [2.24, 2.45) is 5.73 Å². The third-order valence-electron chi connectivity index (χ3n) is 5.07. The van der Waals surface area contributed by atoms with Crippen molar-refractivity contribution in [1.82, 2.24) is 19.7 Å². The number of rotatable bonds is 8. The van der Waals surface area contributed by atoms with E-state index in [9.17, 15) is 40.7 Å². The molecule has 0 aliphatic carbocycles. The van der Waals surface area contributed by atoms with Gasteiger partial charge in [0.2, 0.25) is 11.8 Å². The molecule has 0 aliphatic heterocycles. The number of alkyl halides is 6. The number of nitrogens with one attached hydrogen (secondary N) is 1. The average molecular weight is 550 g/mol. The molecule has 3 aromatic rings. The van der Waals surface area contributed by atoms with Crippen LogP contribution in [0.2, 0.25) is 5.02 Å². The zero-order valence-electron chi connectivity index (χ0n) is 18.6. The Labute approximate surface area is 209 Å². The molecule has 0 aliphatic rings. The van der Waals surface area contributed by atoms with Crippen molar-refractivity contribution in [2.75, 3.05) is 0 Å². The molecule has 8 nitrogen and oxygen atoms in total. The van der Waals surface area contributed by atoms with Gasteiger partial charge in [-0.2, -0.15) is 26.3 Å². The Morgan fingerprint density at radius 1 is 1.05 bits per heavy atom. The van der Waals surface area contributed by atoms with Gasteiger partial charge < -0.3 is 11.1 Å². The van der Waals surface area contributed by atoms with E-state index in [1.165, 1.54) is 24.3 Å². The lowest BCUT2D eigenvalue weighted by molar-refractivity contribution is -0.138. The molecule has 1 heterocycles. The number of carbonyl (C=O) groups is 2. The highest BCUT2D eigenvalue weighted by Gasteiger charge is 2.32. The Balaban J connectivity index is 1.90. The lowest BCUT2D eigenvalue weighted by Gasteiger charge is -2.17. The number of halogens is 7. The first-order chi connectivity index (χ1) is 17.2. The standard InChI is InChI=1S/C22H18ClF6N5O3/c23-15-6-4-12(5-7-15)19-32-34(20(37)33(19)9-8-21(24,25)26)11-16(35)31-17(18(30)36)13-2-1-3-14(10-13)22(27,28)29/h1-7,10,17H,8-9,11H2,(H2,30,36)(H,31,35)/t17-/m0/s1. The summed E-state index contributed by atoms with van der Waals surface area (Å²) in [5.74, 6) is -2.41. The smallest absolute Gasteiger partial charge is 0.368 e. The first kappa shape index (κ1) is 27.8. The minimum absolute atomic E-state index is 0.178. The molecule has 3 rings (SSSR count). The van der Waals surface area contributed by atoms with Crippen LogP contribution in [0.15, 0.2) is 53.3 Å². The lowest BCUT2D eigenvalue weighted by atomic mass is 10.0. The minimum atomic E-state index is -4.73. The van der Waals surface area contributed by atoms with Crippen LogP contribution in [-0.4, -0.2) is 32.3 Å². The van der Waals surface area contributed by atoms with Crippen molar-refractivity contribution in [2.45, 2.75) is 37.9 Å². The SMILES string of the molecule is NC(=O)[C@@H](NC(=O)Cn1nc(-c2ccc(Cl)cc2)n(CCC(F)(F)F)c1=O)c1cccc(C(F)(F)F)c1. The number of aromatic nitrogens is 3. The Kier molecular flexibility index (Phi) is 8.00. The van der Waals surface area contributed by atoms with Crippen LogP contribution in [-0.2, 0) is 28.9 Å². The van der Waals surface area contributed by atoms with Crippen LogP contribution in [0.5, 0.6) is 0 Å². The fraction of sp³-hybridized carbons (Fsp3) is 0.273. The molecule has 0 saturated heterocycles. The number of carbonyl (C=O) groups excluding carboxylic acids is 2. The summed E-state index contributed by atoms with van der Waals surface area (Å²) < 4.78 is 78.9. The second-order valence-corrected chi connectivity index (χ2v) is 8.25. The van der Waals surface area contributed by atoms with Crippen molar-refractivity contribution in [1.29, 1.82) is 0 Å². The second kappa shape index (κ2) is 10.7. The van der Waals surface area contributed by atoms with Crippen molar-refractivity contribution in [3.8, 4) is 11.4 Å². The Morgan fingerprint density at radius 2 is 1.70 bits per heavy atom. The van der Waals surface area contributed by atoms with Gasteiger partial charge in [0.25, 0.3) is 0 Å². The fourth-order valence-electron chi connectivity index (χ4n) is 3.35. The van der Waals surface area contributed by atoms with Crippen LogP contribution < -0.4 is 16.7 Å². The molecule has 3 N–H and O–H groups in total. The maximum absolute atomic E-state index is 13.0. The number of benzene rings is 2. The van der Waals surface area contributed by atoms with E-state index in [-0.39, 0.29) is 17.0 Å². The van der Waals surface area contributed by atoms with E-state index in [0.717, 1.165) is 22.8 Å². The first-order valence-corrected chi connectivity index (χ1v) is 10.8. The number of primary amides is 1. The van der Waals surface area contributed by atoms with Crippen LogP contribution in [0.25, 0.3) is 11.4 Å². The summed E-state index contributed by atoms with van der Waals surface area (Å²) in [6.07, 6.45) is -10.7. The molecule has 198 valence electrons. The van der Waals surface area contributed by atoms with Gasteiger partial charge in [-0.3, -0.25) is 14.2 Å². The minimum Gasteiger partial charge on any atom is -0.368 e. The normalized spacial score (nSPS) is 12.8. The lowest BCUT2D eigenvalue weighted by Crippen LogP contribution is -2.41. The zero-order valence-corrected chi connectivity index (χ0v) is 19.4. The van der Waals surface area contributed by atoms with Crippen molar-refractivity contribution in [3.63, 3.8) is 0 Å². The molecule has 37 heavy (non-hydrogen) atoms. The molecule has 0 fully saturated rings. The van der Waals surface area contributed by atoms with Crippen LogP contribution >= 0.6 is 11.6 Å². The summed E-state index contributed by atoms with van der Waals surface area (Å²) in [6, 6.07) is 7.54. The number of nitrogens with two attached hydrogens (primary N) is 1. The quantitative estimate of drug-likeness (QED) is 0.418. The van der Waals surface area contributed by atoms with E-state index in [1.807, 2.05) is 0 Å². The van der Waals surface area contributed by atoms with Crippen LogP contribution in [0.4, 0.5) is 26.3 Å². The van der Waals surface area contributed by atoms with Crippen molar-refractivity contribution < 1.29 is 35.9 Å². The van der Waals surface area contributed by atoms with Crippen LogP contribution in [0.1, 0.15) is 23.6 Å². The van der Waals surface area contributed by atoms with E-state index < -0.39 is 61.0 Å². The molecule has 2 amide bonds. The average Bonchev–Trinajstić information content (AvgIpc) is 3.10. The molecular formula is C22H18ClF6N5O3. The number of hydrogen-bond acceptors (Lipinski definition) is 4. The number of hydrogen-bond donors (Lipinski definition) is 2. The van der Waals surface area contributed by atoms with Crippen molar-refractivity contribution >= 4 is 23.4 Å². The third kappa shape index (κ3) is 7.12. The monoisotopic (exact) mass is 549 g/mol. The topological polar surface area (TPSA) is 112 Å². The molecule has 15 heteroatoms. The highest BCUT2D eigenvalue weighted by molar-refractivity contribution is 6.30. The molecule has 0 bridgehead atoms. The van der Waals surface area contributed by atoms with Crippen LogP contribution in [0.3, 0.4) is 0 Å². The second-order valence-electron chi connectivity index (χ2n) is 7.81. The maximum Gasteiger partial charge on any atom is 0.416 e. The van der Waals surface area contributed by atoms with Gasteiger partial charge in [-0.25, -0.2) is 9.48 Å². The van der Waals surface area contributed by atoms with Gasteiger partial charge >= 0.3 is 18.0 Å². The first-order valence-electron chi connectivity index (χ1n) is 10.4. The summed E-state index contributed by atoms with van der Waals surface area (Å²) in [5.41, 5.74) is 3.09. The van der Waals surface area contributed by atoms with Gasteiger partial charge in [0.1, 0.15) is 12.6 Å². The molecule has 1 aromatic heterocycles. The Bertz CT molecular complexity index is 1350. The highest BCUT2D eigenvalue weighted by atomic mass is 35.5. The van der Waals surface area contributed by atoms with Gasteiger partial charge in [-0.15, -0.1) is 5.10 Å². The van der Waals surface area contributed by atoms with E-state index in [4.69, 9.17) is 17.3 Å². The van der Waals surface area contributed by atoms with Gasteiger partial charge in [-0.1, -0.05) is 23.7 Å². The number of nitrogens with zero attached hydrogens (tertiary/aromatic N) is 3. The molecule has 2 aromatic carbocycles. The number of amides is 2.